The van der Waals surface area contributed by atoms with Crippen molar-refractivity contribution in [2.24, 2.45) is 0 Å². The quantitative estimate of drug-likeness (QED) is 0.615. The number of carboxylic acid groups (broad SMARTS) is 1. The number of carboxylic acids is 1. The molecule has 1 heterocycles. The van der Waals surface area contributed by atoms with E-state index in [2.05, 4.69) is 6.58 Å². The van der Waals surface area contributed by atoms with Gasteiger partial charge in [-0.1, -0.05) is 6.08 Å². The first-order chi connectivity index (χ1) is 6.56. The van der Waals surface area contributed by atoms with Crippen LogP contribution in [0.3, 0.4) is 0 Å². The molecule has 0 aromatic rings. The molecule has 5 heteroatoms. The fourth-order valence-electron chi connectivity index (χ4n) is 1.53. The maximum absolute atomic E-state index is 11.5. The number of piperazine rings is 1. The molecule has 14 heavy (non-hydrogen) atoms. The minimum atomic E-state index is -0.966. The van der Waals surface area contributed by atoms with Crippen LogP contribution in [0.1, 0.15) is 0 Å². The zero-order valence-corrected chi connectivity index (χ0v) is 8.14. The summed E-state index contributed by atoms with van der Waals surface area (Å²) in [5.74, 6) is -1.13. The number of carbonyl (C=O) groups excluding carboxylic acids is 1. The number of amides is 1. The van der Waals surface area contributed by atoms with E-state index in [9.17, 15) is 9.59 Å². The number of aliphatic carboxylic acids is 1. The number of nitrogens with zero attached hydrogens (tertiary/aromatic N) is 2. The van der Waals surface area contributed by atoms with E-state index in [0.29, 0.717) is 13.1 Å². The summed E-state index contributed by atoms with van der Waals surface area (Å²) in [6, 6.07) is -0.751. The first kappa shape index (κ1) is 10.7. The molecule has 0 aromatic heterocycles. The summed E-state index contributed by atoms with van der Waals surface area (Å²) in [7, 11) is 1.74. The number of hydrogen-bond acceptors (Lipinski definition) is 3. The molecule has 0 bridgehead atoms. The molecule has 1 N–H and O–H groups in total. The van der Waals surface area contributed by atoms with Crippen LogP contribution in [0.2, 0.25) is 0 Å². The summed E-state index contributed by atoms with van der Waals surface area (Å²) in [5.41, 5.74) is 0. The molecule has 0 saturated carbocycles. The number of likely N-dealkylation sites (N-methyl/N-ethyl adjacent to an activating group) is 1. The lowest BCUT2D eigenvalue weighted by molar-refractivity contribution is -0.154. The summed E-state index contributed by atoms with van der Waals surface area (Å²) < 4.78 is 0. The van der Waals surface area contributed by atoms with Crippen molar-refractivity contribution in [1.29, 1.82) is 0 Å². The van der Waals surface area contributed by atoms with E-state index < -0.39 is 12.0 Å². The Labute approximate surface area is 82.6 Å². The second-order valence-corrected chi connectivity index (χ2v) is 3.39. The van der Waals surface area contributed by atoms with E-state index in [1.807, 2.05) is 0 Å². The van der Waals surface area contributed by atoms with Gasteiger partial charge in [-0.25, -0.2) is 4.79 Å². The molecule has 1 atom stereocenters. The smallest absolute Gasteiger partial charge is 0.327 e. The molecule has 5 nitrogen and oxygen atoms in total. The second-order valence-electron chi connectivity index (χ2n) is 3.39. The van der Waals surface area contributed by atoms with Gasteiger partial charge < -0.3 is 10.0 Å². The minimum Gasteiger partial charge on any atom is -0.480 e. The Balaban J connectivity index is 2.80. The number of carbonyl (C=O) groups is 2. The summed E-state index contributed by atoms with van der Waals surface area (Å²) in [5, 5.41) is 8.92. The minimum absolute atomic E-state index is 0.161. The lowest BCUT2D eigenvalue weighted by Gasteiger charge is -2.36. The predicted octanol–water partition coefficient (Wildman–Crippen LogP) is -0.600. The Morgan fingerprint density at radius 1 is 1.79 bits per heavy atom. The standard InChI is InChI=1S/C9H14N2O3/c1-3-4-11-7(9(13)14)5-10(2)6-8(11)12/h3,7H,1,4-6H2,2H3,(H,13,14). The molecule has 1 aliphatic rings. The summed E-state index contributed by atoms with van der Waals surface area (Å²) >= 11 is 0. The Morgan fingerprint density at radius 3 is 2.93 bits per heavy atom. The van der Waals surface area contributed by atoms with Crippen LogP contribution in [0.15, 0.2) is 12.7 Å². The Kier molecular flexibility index (Phi) is 3.24. The molecule has 78 valence electrons. The molecule has 1 aliphatic heterocycles. The van der Waals surface area contributed by atoms with Crippen molar-refractivity contribution in [3.8, 4) is 0 Å². The van der Waals surface area contributed by atoms with Crippen LogP contribution >= 0.6 is 0 Å². The zero-order chi connectivity index (χ0) is 10.7. The van der Waals surface area contributed by atoms with Gasteiger partial charge in [-0.2, -0.15) is 0 Å². The molecule has 0 aliphatic carbocycles. The molecule has 1 amide bonds. The van der Waals surface area contributed by atoms with E-state index in [4.69, 9.17) is 5.11 Å². The van der Waals surface area contributed by atoms with E-state index in [1.165, 1.54) is 4.90 Å². The monoisotopic (exact) mass is 198 g/mol. The topological polar surface area (TPSA) is 60.9 Å². The van der Waals surface area contributed by atoms with Gasteiger partial charge in [0.1, 0.15) is 6.04 Å². The van der Waals surface area contributed by atoms with Crippen molar-refractivity contribution in [2.75, 3.05) is 26.7 Å². The van der Waals surface area contributed by atoms with Crippen LogP contribution in [-0.2, 0) is 9.59 Å². The third-order valence-corrected chi connectivity index (χ3v) is 2.20. The maximum atomic E-state index is 11.5. The number of hydrogen-bond donors (Lipinski definition) is 1. The van der Waals surface area contributed by atoms with E-state index in [-0.39, 0.29) is 12.5 Å². The normalized spacial score (nSPS) is 23.6. The van der Waals surface area contributed by atoms with Crippen LogP contribution in [-0.4, -0.2) is 59.5 Å². The van der Waals surface area contributed by atoms with Crippen molar-refractivity contribution in [3.05, 3.63) is 12.7 Å². The molecule has 1 saturated heterocycles. The Hall–Kier alpha value is -1.36. The van der Waals surface area contributed by atoms with Crippen molar-refractivity contribution in [3.63, 3.8) is 0 Å². The van der Waals surface area contributed by atoms with Crippen LogP contribution < -0.4 is 0 Å². The highest BCUT2D eigenvalue weighted by Gasteiger charge is 2.34. The predicted molar refractivity (Wildman–Crippen MR) is 50.8 cm³/mol. The molecule has 0 spiro atoms. The summed E-state index contributed by atoms with van der Waals surface area (Å²) in [6.07, 6.45) is 1.54. The van der Waals surface area contributed by atoms with E-state index in [0.717, 1.165) is 0 Å². The molecular formula is C9H14N2O3. The van der Waals surface area contributed by atoms with Gasteiger partial charge in [-0.3, -0.25) is 9.69 Å². The molecular weight excluding hydrogens is 184 g/mol. The van der Waals surface area contributed by atoms with Gasteiger partial charge in [0.05, 0.1) is 6.54 Å². The highest BCUT2D eigenvalue weighted by molar-refractivity contribution is 5.86. The van der Waals surface area contributed by atoms with Gasteiger partial charge in [0.25, 0.3) is 0 Å². The van der Waals surface area contributed by atoms with Gasteiger partial charge in [0, 0.05) is 13.1 Å². The molecule has 0 radical (unpaired) electrons. The third-order valence-electron chi connectivity index (χ3n) is 2.20. The van der Waals surface area contributed by atoms with Gasteiger partial charge in [-0.15, -0.1) is 6.58 Å². The number of rotatable bonds is 3. The van der Waals surface area contributed by atoms with Gasteiger partial charge in [0.15, 0.2) is 0 Å². The van der Waals surface area contributed by atoms with Crippen molar-refractivity contribution in [2.45, 2.75) is 6.04 Å². The summed E-state index contributed by atoms with van der Waals surface area (Å²) in [4.78, 5) is 25.4. The third kappa shape index (κ3) is 2.11. The van der Waals surface area contributed by atoms with Crippen LogP contribution in [0, 0.1) is 0 Å². The first-order valence-corrected chi connectivity index (χ1v) is 4.38. The fourth-order valence-corrected chi connectivity index (χ4v) is 1.53. The van der Waals surface area contributed by atoms with Gasteiger partial charge in [-0.05, 0) is 7.05 Å². The highest BCUT2D eigenvalue weighted by Crippen LogP contribution is 2.09. The lowest BCUT2D eigenvalue weighted by atomic mass is 10.1. The fraction of sp³-hybridized carbons (Fsp3) is 0.556. The largest absolute Gasteiger partial charge is 0.480 e. The van der Waals surface area contributed by atoms with Crippen LogP contribution in [0.5, 0.6) is 0 Å². The van der Waals surface area contributed by atoms with Gasteiger partial charge >= 0.3 is 5.97 Å². The molecule has 1 unspecified atom stereocenters. The second kappa shape index (κ2) is 4.23. The summed E-state index contributed by atoms with van der Waals surface area (Å²) in [6.45, 7) is 4.44. The van der Waals surface area contributed by atoms with Crippen LogP contribution in [0.4, 0.5) is 0 Å². The molecule has 0 aromatic carbocycles. The average molecular weight is 198 g/mol. The Bertz CT molecular complexity index is 265. The van der Waals surface area contributed by atoms with Crippen molar-refractivity contribution < 1.29 is 14.7 Å². The Morgan fingerprint density at radius 2 is 2.43 bits per heavy atom. The molecule has 1 rings (SSSR count). The van der Waals surface area contributed by atoms with Crippen molar-refractivity contribution in [1.82, 2.24) is 9.80 Å². The first-order valence-electron chi connectivity index (χ1n) is 4.38. The van der Waals surface area contributed by atoms with Crippen LogP contribution in [0.25, 0.3) is 0 Å². The van der Waals surface area contributed by atoms with E-state index in [1.54, 1.807) is 18.0 Å². The highest BCUT2D eigenvalue weighted by atomic mass is 16.4. The zero-order valence-electron chi connectivity index (χ0n) is 8.14. The maximum Gasteiger partial charge on any atom is 0.327 e. The van der Waals surface area contributed by atoms with E-state index >= 15 is 0 Å². The van der Waals surface area contributed by atoms with Crippen molar-refractivity contribution >= 4 is 11.9 Å². The van der Waals surface area contributed by atoms with Gasteiger partial charge in [0.2, 0.25) is 5.91 Å². The lowest BCUT2D eigenvalue weighted by Crippen LogP contribution is -2.58. The average Bonchev–Trinajstić information content (AvgIpc) is 2.09. The SMILES string of the molecule is C=CCN1C(=O)CN(C)CC1C(=O)O. The molecule has 1 fully saturated rings.